The van der Waals surface area contributed by atoms with E-state index in [1.165, 1.54) is 6.20 Å². The zero-order valence-corrected chi connectivity index (χ0v) is 12.8. The average molecular weight is 311 g/mol. The van der Waals surface area contributed by atoms with Crippen LogP contribution in [0.4, 0.5) is 10.5 Å². The van der Waals surface area contributed by atoms with E-state index >= 15 is 0 Å². The Morgan fingerprint density at radius 2 is 2.30 bits per heavy atom. The number of aromatic nitrogens is 2. The summed E-state index contributed by atoms with van der Waals surface area (Å²) < 4.78 is 0. The first-order valence-electron chi connectivity index (χ1n) is 6.12. The number of carbonyl (C=O) groups is 1. The average Bonchev–Trinajstić information content (AvgIpc) is 2.83. The monoisotopic (exact) mass is 310 g/mol. The van der Waals surface area contributed by atoms with Crippen LogP contribution in [0, 0.1) is 6.92 Å². The lowest BCUT2D eigenvalue weighted by Gasteiger charge is -2.11. The third-order valence-corrected chi connectivity index (χ3v) is 3.99. The maximum absolute atomic E-state index is 11.8. The second-order valence-corrected chi connectivity index (χ2v) is 5.78. The van der Waals surface area contributed by atoms with Crippen LogP contribution in [-0.2, 0) is 0 Å². The summed E-state index contributed by atoms with van der Waals surface area (Å²) in [6, 6.07) is 1.36. The summed E-state index contributed by atoms with van der Waals surface area (Å²) in [6.45, 7) is 4.51. The highest BCUT2D eigenvalue weighted by atomic mass is 35.5. The van der Waals surface area contributed by atoms with Crippen LogP contribution >= 0.6 is 22.9 Å². The molecule has 0 saturated carbocycles. The molecule has 106 valence electrons. The minimum atomic E-state index is -0.283. The molecule has 7 heteroatoms. The van der Waals surface area contributed by atoms with E-state index < -0.39 is 0 Å². The number of amides is 2. The number of nitrogens with zero attached hydrogens (tertiary/aromatic N) is 2. The van der Waals surface area contributed by atoms with Gasteiger partial charge in [-0.05, 0) is 13.0 Å². The molecule has 5 nitrogen and oxygen atoms in total. The Morgan fingerprint density at radius 3 is 2.95 bits per heavy atom. The molecule has 0 aromatic carbocycles. The van der Waals surface area contributed by atoms with Crippen molar-refractivity contribution in [3.05, 3.63) is 39.6 Å². The number of aryl methyl sites for hydroxylation is 1. The molecule has 2 rings (SSSR count). The Bertz CT molecular complexity index is 602. The van der Waals surface area contributed by atoms with Crippen LogP contribution in [0.3, 0.4) is 0 Å². The van der Waals surface area contributed by atoms with Crippen LogP contribution in [-0.4, -0.2) is 22.5 Å². The van der Waals surface area contributed by atoms with Crippen LogP contribution in [0.5, 0.6) is 0 Å². The minimum Gasteiger partial charge on any atom is -0.337 e. The maximum Gasteiger partial charge on any atom is 0.319 e. The van der Waals surface area contributed by atoms with E-state index in [4.69, 9.17) is 11.6 Å². The molecule has 1 unspecified atom stereocenters. The molecule has 0 fully saturated rings. The third-order valence-electron chi connectivity index (χ3n) is 2.59. The summed E-state index contributed by atoms with van der Waals surface area (Å²) in [6.07, 6.45) is 3.05. The van der Waals surface area contributed by atoms with Crippen LogP contribution < -0.4 is 10.6 Å². The van der Waals surface area contributed by atoms with Crippen LogP contribution in [0.25, 0.3) is 0 Å². The molecule has 2 heterocycles. The number of anilines is 1. The van der Waals surface area contributed by atoms with Crippen LogP contribution in [0.1, 0.15) is 23.5 Å². The first-order valence-corrected chi connectivity index (χ1v) is 7.38. The molecule has 0 spiro atoms. The molecule has 0 aliphatic carbocycles. The highest BCUT2D eigenvalue weighted by Crippen LogP contribution is 2.19. The first-order chi connectivity index (χ1) is 9.54. The zero-order chi connectivity index (χ0) is 14.5. The van der Waals surface area contributed by atoms with Gasteiger partial charge in [0.2, 0.25) is 0 Å². The van der Waals surface area contributed by atoms with Gasteiger partial charge in [0.15, 0.2) is 0 Å². The highest BCUT2D eigenvalue weighted by molar-refractivity contribution is 7.09. The number of rotatable bonds is 4. The van der Waals surface area contributed by atoms with E-state index in [0.717, 1.165) is 10.7 Å². The van der Waals surface area contributed by atoms with Crippen molar-refractivity contribution in [1.29, 1.82) is 0 Å². The largest absolute Gasteiger partial charge is 0.337 e. The molecule has 0 bridgehead atoms. The van der Waals surface area contributed by atoms with Gasteiger partial charge in [-0.1, -0.05) is 18.5 Å². The van der Waals surface area contributed by atoms with Crippen molar-refractivity contribution < 1.29 is 4.79 Å². The molecule has 0 radical (unpaired) electrons. The lowest BCUT2D eigenvalue weighted by Crippen LogP contribution is -2.31. The van der Waals surface area contributed by atoms with Gasteiger partial charge in [-0.3, -0.25) is 4.98 Å². The molecule has 20 heavy (non-hydrogen) atoms. The molecule has 2 amide bonds. The van der Waals surface area contributed by atoms with Crippen molar-refractivity contribution >= 4 is 34.7 Å². The maximum atomic E-state index is 11.8. The lowest BCUT2D eigenvalue weighted by atomic mass is 10.2. The van der Waals surface area contributed by atoms with Crippen molar-refractivity contribution in [3.63, 3.8) is 0 Å². The van der Waals surface area contributed by atoms with E-state index in [0.29, 0.717) is 17.3 Å². The van der Waals surface area contributed by atoms with Crippen molar-refractivity contribution in [3.8, 4) is 0 Å². The molecule has 2 N–H and O–H groups in total. The summed E-state index contributed by atoms with van der Waals surface area (Å²) >= 11 is 7.40. The Hall–Kier alpha value is -1.66. The van der Waals surface area contributed by atoms with Crippen molar-refractivity contribution in [1.82, 2.24) is 15.3 Å². The zero-order valence-electron chi connectivity index (χ0n) is 11.2. The van der Waals surface area contributed by atoms with E-state index in [2.05, 4.69) is 20.6 Å². The molecular formula is C13H15ClN4OS. The van der Waals surface area contributed by atoms with Crippen LogP contribution in [0.15, 0.2) is 23.8 Å². The number of thiazole rings is 1. The molecule has 0 saturated heterocycles. The van der Waals surface area contributed by atoms with Gasteiger partial charge in [0.1, 0.15) is 0 Å². The molecule has 1 atom stereocenters. The number of hydrogen-bond acceptors (Lipinski definition) is 4. The number of urea groups is 1. The summed E-state index contributed by atoms with van der Waals surface area (Å²) in [5, 5.41) is 8.99. The van der Waals surface area contributed by atoms with Gasteiger partial charge in [0.05, 0.1) is 21.9 Å². The van der Waals surface area contributed by atoms with E-state index in [1.54, 1.807) is 23.6 Å². The fraction of sp³-hybridized carbons (Fsp3) is 0.308. The quantitative estimate of drug-likeness (QED) is 0.909. The normalized spacial score (nSPS) is 11.9. The summed E-state index contributed by atoms with van der Waals surface area (Å²) in [7, 11) is 0. The number of halogens is 1. The van der Waals surface area contributed by atoms with Gasteiger partial charge >= 0.3 is 6.03 Å². The van der Waals surface area contributed by atoms with Gasteiger partial charge in [-0.15, -0.1) is 11.3 Å². The van der Waals surface area contributed by atoms with Gasteiger partial charge in [-0.2, -0.15) is 0 Å². The van der Waals surface area contributed by atoms with Gasteiger partial charge < -0.3 is 10.6 Å². The number of pyridine rings is 1. The predicted molar refractivity (Wildman–Crippen MR) is 81.5 cm³/mol. The standard InChI is InChI=1S/C13H15ClN4OS/c1-8(12-17-9(2)7-20-12)4-16-13(19)18-11-3-10(14)5-15-6-11/h3,5-8H,4H2,1-2H3,(H2,16,18,19). The third kappa shape index (κ3) is 4.18. The van der Waals surface area contributed by atoms with E-state index in [9.17, 15) is 4.79 Å². The van der Waals surface area contributed by atoms with Crippen molar-refractivity contribution in [2.75, 3.05) is 11.9 Å². The second-order valence-electron chi connectivity index (χ2n) is 4.46. The fourth-order valence-corrected chi connectivity index (χ4v) is 2.62. The van der Waals surface area contributed by atoms with E-state index in [-0.39, 0.29) is 11.9 Å². The van der Waals surface area contributed by atoms with Crippen LogP contribution in [0.2, 0.25) is 5.02 Å². The topological polar surface area (TPSA) is 66.9 Å². The van der Waals surface area contributed by atoms with Gasteiger partial charge in [-0.25, -0.2) is 9.78 Å². The number of hydrogen-bond donors (Lipinski definition) is 2. The predicted octanol–water partition coefficient (Wildman–Crippen LogP) is 3.43. The smallest absolute Gasteiger partial charge is 0.319 e. The molecule has 0 aliphatic heterocycles. The Kier molecular flexibility index (Phi) is 4.92. The minimum absolute atomic E-state index is 0.178. The van der Waals surface area contributed by atoms with Gasteiger partial charge in [0.25, 0.3) is 0 Å². The lowest BCUT2D eigenvalue weighted by molar-refractivity contribution is 0.251. The summed E-state index contributed by atoms with van der Waals surface area (Å²) in [5.41, 5.74) is 1.57. The van der Waals surface area contributed by atoms with Crippen molar-refractivity contribution in [2.24, 2.45) is 0 Å². The number of carbonyl (C=O) groups excluding carboxylic acids is 1. The Labute approximate surface area is 126 Å². The Morgan fingerprint density at radius 1 is 1.50 bits per heavy atom. The molecule has 2 aromatic rings. The van der Waals surface area contributed by atoms with E-state index in [1.807, 2.05) is 19.2 Å². The molecule has 2 aromatic heterocycles. The second kappa shape index (κ2) is 6.67. The highest BCUT2D eigenvalue weighted by Gasteiger charge is 2.11. The fourth-order valence-electron chi connectivity index (χ4n) is 1.59. The van der Waals surface area contributed by atoms with Crippen molar-refractivity contribution in [2.45, 2.75) is 19.8 Å². The van der Waals surface area contributed by atoms with Gasteiger partial charge in [0, 0.05) is 29.7 Å². The first kappa shape index (κ1) is 14.7. The summed E-state index contributed by atoms with van der Waals surface area (Å²) in [5.74, 6) is 0.178. The Balaban J connectivity index is 1.83. The molecule has 0 aliphatic rings. The SMILES string of the molecule is Cc1csc(C(C)CNC(=O)Nc2cncc(Cl)c2)n1. The molecular weight excluding hydrogens is 296 g/mol. The number of nitrogens with one attached hydrogen (secondary N) is 2. The summed E-state index contributed by atoms with van der Waals surface area (Å²) in [4.78, 5) is 20.1.